The lowest BCUT2D eigenvalue weighted by atomic mass is 10.2. The monoisotopic (exact) mass is 441 g/mol. The number of sulfonamides is 1. The predicted molar refractivity (Wildman–Crippen MR) is 116 cm³/mol. The fraction of sp³-hybridized carbons (Fsp3) is 0.0952. The van der Waals surface area contributed by atoms with Crippen molar-refractivity contribution in [2.24, 2.45) is 0 Å². The van der Waals surface area contributed by atoms with E-state index >= 15 is 0 Å². The van der Waals surface area contributed by atoms with Gasteiger partial charge < -0.3 is 10.1 Å². The van der Waals surface area contributed by atoms with Crippen molar-refractivity contribution in [2.75, 3.05) is 16.6 Å². The van der Waals surface area contributed by atoms with Crippen molar-refractivity contribution < 1.29 is 22.9 Å². The Hall–Kier alpha value is -3.92. The van der Waals surface area contributed by atoms with E-state index in [0.29, 0.717) is 22.7 Å². The number of nitrogens with zero attached hydrogens (tertiary/aromatic N) is 1. The standard InChI is InChI=1S/C21H19N3O6S/c1-15-7-8-16(13-20(15)23-31(28,29)19-5-3-2-4-6-19)22-21(25)14-30-18-11-9-17(10-12-18)24(26)27/h2-13,23H,14H2,1H3,(H,22,25). The van der Waals surface area contributed by atoms with Gasteiger partial charge in [-0.25, -0.2) is 8.42 Å². The third kappa shape index (κ3) is 5.80. The first-order valence-corrected chi connectivity index (χ1v) is 10.6. The normalized spacial score (nSPS) is 10.9. The molecule has 0 aromatic heterocycles. The van der Waals surface area contributed by atoms with E-state index in [1.807, 2.05) is 0 Å². The summed E-state index contributed by atoms with van der Waals surface area (Å²) in [5.74, 6) is -0.167. The second-order valence-electron chi connectivity index (χ2n) is 6.54. The number of ether oxygens (including phenoxy) is 1. The summed E-state index contributed by atoms with van der Waals surface area (Å²) in [7, 11) is -3.77. The van der Waals surface area contributed by atoms with Gasteiger partial charge >= 0.3 is 0 Å². The van der Waals surface area contributed by atoms with Gasteiger partial charge in [0.15, 0.2) is 6.61 Å². The van der Waals surface area contributed by atoms with Crippen molar-refractivity contribution in [3.05, 3.63) is 88.5 Å². The maximum atomic E-state index is 12.6. The van der Waals surface area contributed by atoms with Crippen molar-refractivity contribution in [2.45, 2.75) is 11.8 Å². The van der Waals surface area contributed by atoms with Crippen LogP contribution in [-0.2, 0) is 14.8 Å². The van der Waals surface area contributed by atoms with E-state index in [0.717, 1.165) is 0 Å². The van der Waals surface area contributed by atoms with Crippen molar-refractivity contribution in [3.8, 4) is 5.75 Å². The number of amides is 1. The Balaban J connectivity index is 1.64. The van der Waals surface area contributed by atoms with Crippen molar-refractivity contribution >= 4 is 33.0 Å². The van der Waals surface area contributed by atoms with Crippen LogP contribution in [-0.4, -0.2) is 25.9 Å². The largest absolute Gasteiger partial charge is 0.484 e. The maximum absolute atomic E-state index is 12.6. The first-order valence-electron chi connectivity index (χ1n) is 9.10. The smallest absolute Gasteiger partial charge is 0.269 e. The SMILES string of the molecule is Cc1ccc(NC(=O)COc2ccc([N+](=O)[O-])cc2)cc1NS(=O)(=O)c1ccccc1. The number of non-ortho nitro benzene ring substituents is 1. The first kappa shape index (κ1) is 21.8. The number of hydrogen-bond donors (Lipinski definition) is 2. The Bertz CT molecular complexity index is 1200. The van der Waals surface area contributed by atoms with Gasteiger partial charge in [0.25, 0.3) is 21.6 Å². The van der Waals surface area contributed by atoms with Gasteiger partial charge in [0.05, 0.1) is 15.5 Å². The van der Waals surface area contributed by atoms with Crippen molar-refractivity contribution in [1.82, 2.24) is 0 Å². The lowest BCUT2D eigenvalue weighted by Crippen LogP contribution is -2.20. The predicted octanol–water partition coefficient (Wildman–Crippen LogP) is 3.72. The lowest BCUT2D eigenvalue weighted by Gasteiger charge is -2.13. The van der Waals surface area contributed by atoms with Crippen LogP contribution < -0.4 is 14.8 Å². The minimum Gasteiger partial charge on any atom is -0.484 e. The highest BCUT2D eigenvalue weighted by Gasteiger charge is 2.15. The maximum Gasteiger partial charge on any atom is 0.269 e. The number of nitro benzene ring substituents is 1. The molecule has 0 aliphatic carbocycles. The molecule has 31 heavy (non-hydrogen) atoms. The summed E-state index contributed by atoms with van der Waals surface area (Å²) in [4.78, 5) is 22.4. The van der Waals surface area contributed by atoms with E-state index in [9.17, 15) is 23.3 Å². The summed E-state index contributed by atoms with van der Waals surface area (Å²) < 4.78 is 32.9. The van der Waals surface area contributed by atoms with Crippen LogP contribution in [0.1, 0.15) is 5.56 Å². The molecule has 0 bridgehead atoms. The van der Waals surface area contributed by atoms with Gasteiger partial charge in [-0.15, -0.1) is 0 Å². The molecule has 0 heterocycles. The second-order valence-corrected chi connectivity index (χ2v) is 8.22. The number of aryl methyl sites for hydroxylation is 1. The zero-order valence-corrected chi connectivity index (χ0v) is 17.3. The molecular weight excluding hydrogens is 422 g/mol. The Morgan fingerprint density at radius 2 is 1.71 bits per heavy atom. The number of hydrogen-bond acceptors (Lipinski definition) is 6. The Morgan fingerprint density at radius 3 is 2.35 bits per heavy atom. The number of anilines is 2. The van der Waals surface area contributed by atoms with Crippen LogP contribution in [0.5, 0.6) is 5.75 Å². The van der Waals surface area contributed by atoms with E-state index in [4.69, 9.17) is 4.74 Å². The highest BCUT2D eigenvalue weighted by Crippen LogP contribution is 2.24. The molecule has 0 aliphatic rings. The summed E-state index contributed by atoms with van der Waals surface area (Å²) in [6.45, 7) is 1.42. The Labute approximate surface area is 178 Å². The molecule has 0 aliphatic heterocycles. The van der Waals surface area contributed by atoms with Crippen molar-refractivity contribution in [1.29, 1.82) is 0 Å². The third-order valence-electron chi connectivity index (χ3n) is 4.24. The van der Waals surface area contributed by atoms with Gasteiger partial charge in [-0.2, -0.15) is 0 Å². The number of nitro groups is 1. The topological polar surface area (TPSA) is 128 Å². The van der Waals surface area contributed by atoms with Gasteiger partial charge in [-0.05, 0) is 48.9 Å². The first-order chi connectivity index (χ1) is 14.7. The number of rotatable bonds is 8. The summed E-state index contributed by atoms with van der Waals surface area (Å²) in [6.07, 6.45) is 0. The summed E-state index contributed by atoms with van der Waals surface area (Å²) in [5, 5.41) is 13.3. The zero-order valence-electron chi connectivity index (χ0n) is 16.4. The van der Waals surface area contributed by atoms with E-state index < -0.39 is 20.9 Å². The Kier molecular flexibility index (Phi) is 6.51. The molecule has 0 spiro atoms. The van der Waals surface area contributed by atoms with E-state index in [-0.39, 0.29) is 17.2 Å². The second kappa shape index (κ2) is 9.26. The fourth-order valence-electron chi connectivity index (χ4n) is 2.62. The molecule has 1 amide bonds. The van der Waals surface area contributed by atoms with Crippen LogP contribution in [0.4, 0.5) is 17.1 Å². The van der Waals surface area contributed by atoms with Crippen LogP contribution in [0.25, 0.3) is 0 Å². The highest BCUT2D eigenvalue weighted by atomic mass is 32.2. The van der Waals surface area contributed by atoms with Crippen LogP contribution in [0.2, 0.25) is 0 Å². The molecule has 0 unspecified atom stereocenters. The quantitative estimate of drug-likeness (QED) is 0.405. The van der Waals surface area contributed by atoms with Crippen LogP contribution >= 0.6 is 0 Å². The van der Waals surface area contributed by atoms with E-state index in [1.54, 1.807) is 37.3 Å². The molecular formula is C21H19N3O6S. The molecule has 0 atom stereocenters. The molecule has 160 valence electrons. The van der Waals surface area contributed by atoms with Gasteiger partial charge in [-0.3, -0.25) is 19.6 Å². The molecule has 9 nitrogen and oxygen atoms in total. The average Bonchev–Trinajstić information content (AvgIpc) is 2.75. The number of nitrogens with one attached hydrogen (secondary N) is 2. The number of carbonyl (C=O) groups is 1. The summed E-state index contributed by atoms with van der Waals surface area (Å²) in [6, 6.07) is 18.1. The molecule has 3 aromatic carbocycles. The van der Waals surface area contributed by atoms with E-state index in [2.05, 4.69) is 10.0 Å². The molecule has 3 aromatic rings. The molecule has 0 saturated heterocycles. The molecule has 0 saturated carbocycles. The highest BCUT2D eigenvalue weighted by molar-refractivity contribution is 7.92. The zero-order chi connectivity index (χ0) is 22.4. The molecule has 10 heteroatoms. The minimum atomic E-state index is -3.77. The lowest BCUT2D eigenvalue weighted by molar-refractivity contribution is -0.384. The van der Waals surface area contributed by atoms with Gasteiger partial charge in [0, 0.05) is 17.8 Å². The van der Waals surface area contributed by atoms with Gasteiger partial charge in [0.2, 0.25) is 0 Å². The molecule has 2 N–H and O–H groups in total. The van der Waals surface area contributed by atoms with Crippen LogP contribution in [0.3, 0.4) is 0 Å². The number of carbonyl (C=O) groups excluding carboxylic acids is 1. The molecule has 0 radical (unpaired) electrons. The van der Waals surface area contributed by atoms with E-state index in [1.165, 1.54) is 42.5 Å². The summed E-state index contributed by atoms with van der Waals surface area (Å²) >= 11 is 0. The van der Waals surface area contributed by atoms with Crippen LogP contribution in [0, 0.1) is 17.0 Å². The van der Waals surface area contributed by atoms with Crippen LogP contribution in [0.15, 0.2) is 77.7 Å². The fourth-order valence-corrected chi connectivity index (χ4v) is 3.77. The number of benzene rings is 3. The van der Waals surface area contributed by atoms with Crippen molar-refractivity contribution in [3.63, 3.8) is 0 Å². The average molecular weight is 441 g/mol. The molecule has 3 rings (SSSR count). The third-order valence-corrected chi connectivity index (χ3v) is 5.62. The van der Waals surface area contributed by atoms with Gasteiger partial charge in [-0.1, -0.05) is 24.3 Å². The summed E-state index contributed by atoms with van der Waals surface area (Å²) in [5.41, 5.74) is 1.31. The molecule has 0 fully saturated rings. The Morgan fingerprint density at radius 1 is 1.03 bits per heavy atom. The van der Waals surface area contributed by atoms with Gasteiger partial charge in [0.1, 0.15) is 5.75 Å². The minimum absolute atomic E-state index is 0.0815.